The first-order chi connectivity index (χ1) is 14.3. The molecule has 1 saturated carbocycles. The van der Waals surface area contributed by atoms with Gasteiger partial charge in [0.1, 0.15) is 5.82 Å². The van der Waals surface area contributed by atoms with Gasteiger partial charge in [0.15, 0.2) is 5.65 Å². The Morgan fingerprint density at radius 2 is 1.93 bits per heavy atom. The predicted molar refractivity (Wildman–Crippen MR) is 113 cm³/mol. The lowest BCUT2D eigenvalue weighted by atomic mass is 9.96. The van der Waals surface area contributed by atoms with Crippen molar-refractivity contribution in [2.24, 2.45) is 11.8 Å². The van der Waals surface area contributed by atoms with Crippen LogP contribution < -0.4 is 15.5 Å². The number of aromatic nitrogens is 3. The van der Waals surface area contributed by atoms with Crippen molar-refractivity contribution in [1.82, 2.24) is 25.2 Å². The zero-order chi connectivity index (χ0) is 19.6. The van der Waals surface area contributed by atoms with E-state index < -0.39 is 0 Å². The lowest BCUT2D eigenvalue weighted by Gasteiger charge is -2.41. The molecule has 1 saturated heterocycles. The Bertz CT molecular complexity index is 864. The Hall–Kier alpha value is -2.15. The molecule has 0 atom stereocenters. The molecular weight excluding hydrogens is 364 g/mol. The first-order valence-electron chi connectivity index (χ1n) is 11.4. The van der Waals surface area contributed by atoms with Gasteiger partial charge >= 0.3 is 0 Å². The van der Waals surface area contributed by atoms with E-state index in [1.165, 1.54) is 49.8 Å². The fourth-order valence-corrected chi connectivity index (χ4v) is 5.11. The van der Waals surface area contributed by atoms with E-state index in [1.807, 2.05) is 16.8 Å². The maximum Gasteiger partial charge on any atom is 0.226 e. The number of nitrogens with one attached hydrogen (secondary N) is 2. The fourth-order valence-electron chi connectivity index (χ4n) is 5.11. The highest BCUT2D eigenvalue weighted by Crippen LogP contribution is 2.31. The predicted octanol–water partition coefficient (Wildman–Crippen LogP) is 1.94. The highest BCUT2D eigenvalue weighted by atomic mass is 16.2. The zero-order valence-corrected chi connectivity index (χ0v) is 17.2. The maximum absolute atomic E-state index is 12.7. The molecule has 0 radical (unpaired) electrons. The van der Waals surface area contributed by atoms with Gasteiger partial charge in [-0.05, 0) is 31.7 Å². The number of nitrogens with zero attached hydrogens (tertiary/aromatic N) is 4. The van der Waals surface area contributed by atoms with Gasteiger partial charge in [0.05, 0.1) is 17.8 Å². The van der Waals surface area contributed by atoms with E-state index >= 15 is 0 Å². The van der Waals surface area contributed by atoms with Crippen LogP contribution in [-0.4, -0.2) is 53.2 Å². The van der Waals surface area contributed by atoms with Crippen molar-refractivity contribution in [1.29, 1.82) is 0 Å². The molecule has 0 bridgehead atoms. The molecule has 3 aliphatic rings. The second-order valence-electron chi connectivity index (χ2n) is 8.92. The molecule has 0 unspecified atom stereocenters. The first-order valence-corrected chi connectivity index (χ1v) is 11.4. The molecule has 0 aromatic carbocycles. The molecule has 156 valence electrons. The van der Waals surface area contributed by atoms with Crippen molar-refractivity contribution >= 4 is 17.4 Å². The highest BCUT2D eigenvalue weighted by Gasteiger charge is 2.36. The number of hydrogen-bond donors (Lipinski definition) is 2. The molecular formula is C22H32N6O. The summed E-state index contributed by atoms with van der Waals surface area (Å²) in [6.45, 7) is 4.34. The van der Waals surface area contributed by atoms with Gasteiger partial charge in [-0.2, -0.15) is 9.61 Å². The van der Waals surface area contributed by atoms with Gasteiger partial charge in [0.2, 0.25) is 5.91 Å². The molecule has 29 heavy (non-hydrogen) atoms. The smallest absolute Gasteiger partial charge is 0.226 e. The normalized spacial score (nSPS) is 21.3. The second kappa shape index (κ2) is 8.30. The quantitative estimate of drug-likeness (QED) is 0.773. The summed E-state index contributed by atoms with van der Waals surface area (Å²) in [5.74, 6) is 2.12. The van der Waals surface area contributed by atoms with Gasteiger partial charge in [-0.15, -0.1) is 0 Å². The highest BCUT2D eigenvalue weighted by molar-refractivity contribution is 5.82. The van der Waals surface area contributed by atoms with Crippen molar-refractivity contribution in [3.8, 4) is 0 Å². The standard InChI is InChI=1S/C22H32N6O/c29-21(24-13-16-5-3-1-2-4-6-16)17-14-27(15-17)22-18-7-10-23-11-8-19(18)26-20-9-12-25-28(20)22/h9,12,16-17,23H,1-8,10-11,13-15H2,(H,24,29). The summed E-state index contributed by atoms with van der Waals surface area (Å²) in [4.78, 5) is 19.9. The summed E-state index contributed by atoms with van der Waals surface area (Å²) in [6.07, 6.45) is 11.6. The molecule has 0 spiro atoms. The number of rotatable bonds is 4. The third kappa shape index (κ3) is 3.84. The number of amides is 1. The molecule has 5 rings (SSSR count). The van der Waals surface area contributed by atoms with Crippen LogP contribution in [0.25, 0.3) is 5.65 Å². The SMILES string of the molecule is O=C(NCC1CCCCCC1)C1CN(c2c3c(nc4ccnn24)CCNCC3)C1. The Kier molecular flexibility index (Phi) is 5.40. The molecule has 1 aliphatic carbocycles. The Morgan fingerprint density at radius 1 is 1.14 bits per heavy atom. The van der Waals surface area contributed by atoms with Crippen LogP contribution in [0.15, 0.2) is 12.3 Å². The monoisotopic (exact) mass is 396 g/mol. The summed E-state index contributed by atoms with van der Waals surface area (Å²) < 4.78 is 1.96. The van der Waals surface area contributed by atoms with Crippen molar-refractivity contribution in [3.63, 3.8) is 0 Å². The van der Waals surface area contributed by atoms with Crippen LogP contribution in [0.5, 0.6) is 0 Å². The van der Waals surface area contributed by atoms with Crippen LogP contribution in [-0.2, 0) is 17.6 Å². The van der Waals surface area contributed by atoms with E-state index in [1.54, 1.807) is 0 Å². The molecule has 7 nitrogen and oxygen atoms in total. The minimum Gasteiger partial charge on any atom is -0.355 e. The summed E-state index contributed by atoms with van der Waals surface area (Å²) in [5.41, 5.74) is 3.38. The average molecular weight is 397 g/mol. The number of carbonyl (C=O) groups is 1. The molecule has 4 heterocycles. The Labute approximate surface area is 172 Å². The van der Waals surface area contributed by atoms with Gasteiger partial charge in [0.25, 0.3) is 0 Å². The topological polar surface area (TPSA) is 74.6 Å². The van der Waals surface area contributed by atoms with Gasteiger partial charge in [-0.1, -0.05) is 25.7 Å². The molecule has 2 aromatic heterocycles. The summed E-state index contributed by atoms with van der Waals surface area (Å²) in [7, 11) is 0. The van der Waals surface area contributed by atoms with Gasteiger partial charge in [-0.25, -0.2) is 4.98 Å². The van der Waals surface area contributed by atoms with Crippen LogP contribution in [0.4, 0.5) is 5.82 Å². The van der Waals surface area contributed by atoms with Gasteiger partial charge in [-0.3, -0.25) is 4.79 Å². The zero-order valence-electron chi connectivity index (χ0n) is 17.2. The average Bonchev–Trinajstić information content (AvgIpc) is 2.88. The summed E-state index contributed by atoms with van der Waals surface area (Å²) in [6, 6.07) is 1.97. The molecule has 7 heteroatoms. The number of carbonyl (C=O) groups excluding carboxylic acids is 1. The number of fused-ring (bicyclic) bond motifs is 2. The van der Waals surface area contributed by atoms with Crippen LogP contribution >= 0.6 is 0 Å². The molecule has 2 N–H and O–H groups in total. The molecule has 2 aliphatic heterocycles. The van der Waals surface area contributed by atoms with Crippen molar-refractivity contribution < 1.29 is 4.79 Å². The van der Waals surface area contributed by atoms with E-state index in [0.29, 0.717) is 5.92 Å². The number of anilines is 1. The van der Waals surface area contributed by atoms with Crippen LogP contribution in [0.1, 0.15) is 49.8 Å². The van der Waals surface area contributed by atoms with Crippen molar-refractivity contribution in [2.45, 2.75) is 51.4 Å². The van der Waals surface area contributed by atoms with Crippen molar-refractivity contribution in [2.75, 3.05) is 37.6 Å². The lowest BCUT2D eigenvalue weighted by molar-refractivity contribution is -0.125. The fraction of sp³-hybridized carbons (Fsp3) is 0.682. The van der Waals surface area contributed by atoms with Gasteiger partial charge < -0.3 is 15.5 Å². The third-order valence-corrected chi connectivity index (χ3v) is 6.87. The van der Waals surface area contributed by atoms with E-state index in [0.717, 1.165) is 57.0 Å². The minimum atomic E-state index is 0.0825. The number of hydrogen-bond acceptors (Lipinski definition) is 5. The van der Waals surface area contributed by atoms with Crippen molar-refractivity contribution in [3.05, 3.63) is 23.5 Å². The van der Waals surface area contributed by atoms with Crippen LogP contribution in [0.2, 0.25) is 0 Å². The summed E-state index contributed by atoms with van der Waals surface area (Å²) >= 11 is 0. The molecule has 2 fully saturated rings. The van der Waals surface area contributed by atoms with E-state index in [2.05, 4.69) is 20.6 Å². The van der Waals surface area contributed by atoms with Crippen LogP contribution in [0, 0.1) is 11.8 Å². The first kappa shape index (κ1) is 18.9. The van der Waals surface area contributed by atoms with Crippen LogP contribution in [0.3, 0.4) is 0 Å². The Morgan fingerprint density at radius 3 is 2.76 bits per heavy atom. The minimum absolute atomic E-state index is 0.0825. The second-order valence-corrected chi connectivity index (χ2v) is 8.92. The maximum atomic E-state index is 12.7. The molecule has 1 amide bonds. The van der Waals surface area contributed by atoms with E-state index in [-0.39, 0.29) is 11.8 Å². The molecule has 2 aromatic rings. The van der Waals surface area contributed by atoms with Gasteiger partial charge in [0, 0.05) is 44.2 Å². The summed E-state index contributed by atoms with van der Waals surface area (Å²) in [5, 5.41) is 11.2. The Balaban J connectivity index is 1.26. The lowest BCUT2D eigenvalue weighted by Crippen LogP contribution is -2.55. The largest absolute Gasteiger partial charge is 0.355 e. The van der Waals surface area contributed by atoms with E-state index in [4.69, 9.17) is 4.98 Å². The third-order valence-electron chi connectivity index (χ3n) is 6.87. The van der Waals surface area contributed by atoms with E-state index in [9.17, 15) is 4.79 Å².